The van der Waals surface area contributed by atoms with Crippen LogP contribution in [-0.4, -0.2) is 11.0 Å². The number of benzene rings is 8. The van der Waals surface area contributed by atoms with Crippen LogP contribution in [-0.2, 0) is 74.6 Å². The first kappa shape index (κ1) is 71.8. The molecule has 0 fully saturated rings. The maximum Gasteiger partial charge on any atom is -1.00 e. The Kier molecular flexibility index (Phi) is 21.5. The predicted molar refractivity (Wildman–Crippen MR) is 389 cm³/mol. The molecule has 4 aliphatic rings. The van der Waals surface area contributed by atoms with E-state index in [9.17, 15) is 0 Å². The van der Waals surface area contributed by atoms with Gasteiger partial charge in [-0.2, -0.15) is 0 Å². The zero-order valence-corrected chi connectivity index (χ0v) is 69.7. The van der Waals surface area contributed by atoms with Crippen LogP contribution >= 0.6 is 0 Å². The molecule has 12 rings (SSSR count). The summed E-state index contributed by atoms with van der Waals surface area (Å²) in [4.78, 5) is 0. The molecule has 4 aliphatic carbocycles. The van der Waals surface area contributed by atoms with Crippen molar-refractivity contribution in [3.8, 4) is 22.3 Å². The number of hydrogen-bond donors (Lipinski definition) is 0. The third-order valence-corrected chi connectivity index (χ3v) is 72.1. The van der Waals surface area contributed by atoms with Crippen LogP contribution in [0, 0.1) is 22.7 Å². The van der Waals surface area contributed by atoms with Crippen LogP contribution in [0.2, 0.25) is 0 Å². The summed E-state index contributed by atoms with van der Waals surface area (Å²) in [6, 6.07) is 71.8. The molecule has 8 aromatic rings. The Hall–Kier alpha value is -4.53. The Labute approximate surface area is 584 Å². The molecule has 0 saturated heterocycles. The van der Waals surface area contributed by atoms with E-state index in [2.05, 4.69) is 345 Å². The molecule has 0 amide bonds. The van der Waals surface area contributed by atoms with Gasteiger partial charge in [-0.1, -0.05) is 0 Å². The van der Waals surface area contributed by atoms with Gasteiger partial charge in [0.1, 0.15) is 0 Å². The van der Waals surface area contributed by atoms with Gasteiger partial charge in [0.2, 0.25) is 0 Å². The molecule has 0 bridgehead atoms. The van der Waals surface area contributed by atoms with E-state index < -0.39 is 51.1 Å². The molecule has 0 spiro atoms. The monoisotopic (exact) mass is 1620 g/mol. The van der Waals surface area contributed by atoms with Crippen molar-refractivity contribution in [2.45, 2.75) is 173 Å². The van der Waals surface area contributed by atoms with Crippen molar-refractivity contribution >= 4 is 38.4 Å². The summed E-state index contributed by atoms with van der Waals surface area (Å²) in [5.74, 6) is 0.971. The molecular formula is C86H100Cl2Hf2Si2-2. The van der Waals surface area contributed by atoms with Crippen molar-refractivity contribution in [1.82, 2.24) is 0 Å². The van der Waals surface area contributed by atoms with Gasteiger partial charge < -0.3 is 24.8 Å². The fourth-order valence-corrected chi connectivity index (χ4v) is 73.4. The molecular weight excluding hydrogens is 1520 g/mol. The van der Waals surface area contributed by atoms with E-state index in [1.54, 1.807) is 45.2 Å². The van der Waals surface area contributed by atoms with E-state index in [0.29, 0.717) is 11.8 Å². The Morgan fingerprint density at radius 2 is 0.587 bits per heavy atom. The van der Waals surface area contributed by atoms with Gasteiger partial charge in [0.25, 0.3) is 0 Å². The normalized spacial score (nSPS) is 15.8. The molecule has 92 heavy (non-hydrogen) atoms. The van der Waals surface area contributed by atoms with Crippen LogP contribution in [0.1, 0.15) is 183 Å². The van der Waals surface area contributed by atoms with Crippen LogP contribution < -0.4 is 52.2 Å². The van der Waals surface area contributed by atoms with Gasteiger partial charge in [0, 0.05) is 0 Å². The van der Waals surface area contributed by atoms with Gasteiger partial charge in [-0.3, -0.25) is 0 Å². The molecule has 0 aromatic heterocycles. The molecule has 2 atom stereocenters. The molecule has 2 unspecified atom stereocenters. The first-order chi connectivity index (χ1) is 42.3. The first-order valence-corrected chi connectivity index (χ1v) is 54.4. The second kappa shape index (κ2) is 27.5. The molecule has 0 N–H and O–H groups in total. The van der Waals surface area contributed by atoms with Crippen LogP contribution in [0.5, 0.6) is 0 Å². The molecule has 0 radical (unpaired) electrons. The van der Waals surface area contributed by atoms with Crippen LogP contribution in [0.25, 0.3) is 22.3 Å². The van der Waals surface area contributed by atoms with Gasteiger partial charge in [-0.15, -0.1) is 0 Å². The Morgan fingerprint density at radius 1 is 0.315 bits per heavy atom. The Bertz CT molecular complexity index is 3910. The average molecular weight is 1620 g/mol. The van der Waals surface area contributed by atoms with E-state index >= 15 is 0 Å². The summed E-state index contributed by atoms with van der Waals surface area (Å²) in [7, 11) is 0. The quantitative estimate of drug-likeness (QED) is 0.133. The van der Waals surface area contributed by atoms with E-state index in [1.165, 1.54) is 66.8 Å². The second-order valence-corrected chi connectivity index (χ2v) is 68.9. The predicted octanol–water partition coefficient (Wildman–Crippen LogP) is 12.8. The summed E-state index contributed by atoms with van der Waals surface area (Å²) in [5, 5.41) is 6.31. The largest absolute Gasteiger partial charge is 1.00 e. The summed E-state index contributed by atoms with van der Waals surface area (Å²) in [6.45, 7) is 47.8. The number of rotatable bonds is 8. The zero-order chi connectivity index (χ0) is 64.6. The molecule has 8 aromatic carbocycles. The fourth-order valence-electron chi connectivity index (χ4n) is 13.9. The molecule has 0 heterocycles. The smallest absolute Gasteiger partial charge is 1.00 e. The number of hydrogen-bond acceptors (Lipinski definition) is 0. The Morgan fingerprint density at radius 3 is 0.837 bits per heavy atom. The summed E-state index contributed by atoms with van der Waals surface area (Å²) in [6.07, 6.45) is 12.7. The minimum absolute atomic E-state index is 0. The van der Waals surface area contributed by atoms with Crippen molar-refractivity contribution in [2.24, 2.45) is 22.7 Å². The van der Waals surface area contributed by atoms with E-state index in [1.807, 2.05) is 0 Å². The van der Waals surface area contributed by atoms with Crippen LogP contribution in [0.4, 0.5) is 0 Å². The average Bonchev–Trinajstić information content (AvgIpc) is 1.75. The van der Waals surface area contributed by atoms with Crippen molar-refractivity contribution in [2.75, 3.05) is 0 Å². The summed E-state index contributed by atoms with van der Waals surface area (Å²) < 4.78 is 7.12. The third-order valence-electron chi connectivity index (χ3n) is 19.6. The van der Waals surface area contributed by atoms with Gasteiger partial charge in [0.05, 0.1) is 0 Å². The topological polar surface area (TPSA) is 0 Å². The molecule has 0 nitrogen and oxygen atoms in total. The second-order valence-electron chi connectivity index (χ2n) is 32.7. The fraction of sp³-hybridized carbons (Fsp3) is 0.349. The first-order valence-electron chi connectivity index (χ1n) is 33.5. The third kappa shape index (κ3) is 15.0. The maximum atomic E-state index is 2.72. The van der Waals surface area contributed by atoms with Gasteiger partial charge in [-0.05, 0) is 0 Å². The molecule has 0 aliphatic heterocycles. The van der Waals surface area contributed by atoms with Crippen molar-refractivity contribution in [3.05, 3.63) is 269 Å². The molecule has 6 heteroatoms. The summed E-state index contributed by atoms with van der Waals surface area (Å²) >= 11 is -5.82. The van der Waals surface area contributed by atoms with Gasteiger partial charge in [-0.25, -0.2) is 0 Å². The van der Waals surface area contributed by atoms with Crippen LogP contribution in [0.15, 0.2) is 224 Å². The SMILES string of the molecule is CC1C=C(C(C)(C)C)C=[C]1[Hf]([c]1cc(C(C)(C)C)cc2c1Cc1ccc(C(C)(C)C)cc1-2)=[Si](c1ccccc1)c1ccccc1.CC1C=C(C(C)(C)C)C=[C]1[Hf]([c]1cc(C(C)(C)C)cc2c1Cc1ccc(C(C)(C)C)cc1-2)=[Si](c1ccccc1)c1ccccc1.[Cl-].[Cl-]. The zero-order valence-electron chi connectivity index (χ0n) is 59.0. The number of allylic oxidation sites excluding steroid dienone is 8. The van der Waals surface area contributed by atoms with Crippen molar-refractivity contribution < 1.29 is 64.9 Å². The van der Waals surface area contributed by atoms with E-state index in [-0.39, 0.29) is 57.3 Å². The standard InChI is InChI=1S/2C21H25.2C12H10Si.2C10H15.2ClH.2Hf/c2*1-20(2,3)16-9-7-14-11-15-8-10-17(21(4,5)6)13-19(15)18(14)12-16;2*1-3-7-11(8-4-1)13-12-9-5-2-6-10-12;2*1-8-5-6-9(7-8)10(2,3)4;;;;/h2*7,9-10,12-13H,11H2,1-6H3;2*1-10H;2*6-8H,1-4H3;2*1H;;/p-2. The maximum absolute atomic E-state index is 2.91. The van der Waals surface area contributed by atoms with Crippen LogP contribution in [0.3, 0.4) is 0 Å². The summed E-state index contributed by atoms with van der Waals surface area (Å²) in [5.41, 5.74) is 19.7. The van der Waals surface area contributed by atoms with Gasteiger partial charge >= 0.3 is 565 Å². The Balaban J connectivity index is 0.000000213. The number of halogens is 2. The van der Waals surface area contributed by atoms with Crippen molar-refractivity contribution in [1.29, 1.82) is 0 Å². The minimum Gasteiger partial charge on any atom is -1.00 e. The minimum atomic E-state index is -2.91. The van der Waals surface area contributed by atoms with Crippen molar-refractivity contribution in [3.63, 3.8) is 0 Å². The van der Waals surface area contributed by atoms with E-state index in [0.717, 1.165) is 12.8 Å². The molecule has 0 saturated carbocycles. The molecule has 476 valence electrons. The van der Waals surface area contributed by atoms with E-state index in [4.69, 9.17) is 0 Å². The van der Waals surface area contributed by atoms with Gasteiger partial charge in [0.15, 0.2) is 0 Å². The number of fused-ring (bicyclic) bond motifs is 6.